The van der Waals surface area contributed by atoms with E-state index in [1.54, 1.807) is 21.5 Å². The molecule has 8 aromatic rings. The van der Waals surface area contributed by atoms with Gasteiger partial charge in [0.05, 0.1) is 5.69 Å². The number of hydrogen-bond donors (Lipinski definition) is 0. The van der Waals surface area contributed by atoms with Gasteiger partial charge in [0.2, 0.25) is 0 Å². The molecule has 11 aliphatic rings. The number of hydrogen-bond acceptors (Lipinski definition) is 3. The van der Waals surface area contributed by atoms with Gasteiger partial charge < -0.3 is 14.7 Å². The Morgan fingerprint density at radius 2 is 0.770 bits per heavy atom. The van der Waals surface area contributed by atoms with Gasteiger partial charge in [0, 0.05) is 45.5 Å². The van der Waals surface area contributed by atoms with Crippen molar-refractivity contribution < 1.29 is 0 Å². The molecular weight excluding hydrogens is 910 g/mol. The maximum atomic E-state index is 2.71. The fourth-order valence-electron chi connectivity index (χ4n) is 19.3. The van der Waals surface area contributed by atoms with E-state index >= 15 is 0 Å². The van der Waals surface area contributed by atoms with Crippen molar-refractivity contribution in [3.8, 4) is 0 Å². The minimum absolute atomic E-state index is 0.0859. The van der Waals surface area contributed by atoms with E-state index in [1.807, 2.05) is 0 Å². The van der Waals surface area contributed by atoms with Crippen molar-refractivity contribution in [2.24, 2.45) is 35.5 Å². The third kappa shape index (κ3) is 5.97. The zero-order valence-corrected chi connectivity index (χ0v) is 43.8. The third-order valence-electron chi connectivity index (χ3n) is 21.4. The molecule has 19 rings (SSSR count). The molecule has 0 radical (unpaired) electrons. The summed E-state index contributed by atoms with van der Waals surface area (Å²) in [6.45, 7) is 2.74. The van der Waals surface area contributed by atoms with Crippen molar-refractivity contribution in [2.45, 2.75) is 94.4 Å². The number of para-hydroxylation sites is 2. The highest BCUT2D eigenvalue weighted by molar-refractivity contribution is 7.21. The van der Waals surface area contributed by atoms with Gasteiger partial charge in [-0.15, -0.1) is 0 Å². The fraction of sp³-hybridized carbons (Fsp3) is 0.304. The van der Waals surface area contributed by atoms with Crippen molar-refractivity contribution in [3.05, 3.63) is 199 Å². The lowest BCUT2D eigenvalue weighted by atomic mass is 9.33. The molecule has 0 unspecified atom stereocenters. The van der Waals surface area contributed by atoms with Crippen LogP contribution < -0.4 is 46.6 Å². The minimum Gasteiger partial charge on any atom is -0.311 e. The molecule has 8 fully saturated rings. The SMILES string of the molecule is C[Si]1(c2ccccc2)c2cccc3c2B2c4c(cc(N(c5ccccc5)c5ccccc5)cc4N(c4ccc(C56CC7CC(CC(C7)C5)C6)cc4)c4cccc1c42)N3c1ccc(C23CC4CC(CC(C4)C2)C3)cc1. The first kappa shape index (κ1) is 42.8. The molecule has 3 aliphatic heterocycles. The van der Waals surface area contributed by atoms with Gasteiger partial charge in [0.15, 0.2) is 0 Å². The highest BCUT2D eigenvalue weighted by Gasteiger charge is 2.56. The van der Waals surface area contributed by atoms with Crippen LogP contribution in [0.4, 0.5) is 51.2 Å². The van der Waals surface area contributed by atoms with Crippen molar-refractivity contribution in [1.82, 2.24) is 0 Å². The second kappa shape index (κ2) is 15.5. The average Bonchev–Trinajstić information content (AvgIpc) is 3.49. The fourth-order valence-corrected chi connectivity index (χ4v) is 23.6. The van der Waals surface area contributed by atoms with Crippen LogP contribution in [-0.2, 0) is 10.8 Å². The van der Waals surface area contributed by atoms with Crippen LogP contribution in [0.2, 0.25) is 6.55 Å². The quantitative estimate of drug-likeness (QED) is 0.141. The van der Waals surface area contributed by atoms with E-state index in [9.17, 15) is 0 Å². The monoisotopic (exact) mass is 973 g/mol. The van der Waals surface area contributed by atoms with Gasteiger partial charge in [-0.1, -0.05) is 132 Å². The van der Waals surface area contributed by atoms with Crippen molar-refractivity contribution >= 4 is 97.9 Å². The molecule has 0 atom stereocenters. The maximum absolute atomic E-state index is 2.71. The average molecular weight is 974 g/mol. The first-order valence-electron chi connectivity index (χ1n) is 28.6. The lowest BCUT2D eigenvalue weighted by Gasteiger charge is -2.57. The van der Waals surface area contributed by atoms with Crippen LogP contribution >= 0.6 is 0 Å². The summed E-state index contributed by atoms with van der Waals surface area (Å²) in [5.74, 6) is 5.47. The van der Waals surface area contributed by atoms with Crippen molar-refractivity contribution in [1.29, 1.82) is 0 Å². The van der Waals surface area contributed by atoms with Gasteiger partial charge in [0.25, 0.3) is 6.71 Å². The first-order valence-corrected chi connectivity index (χ1v) is 31.1. The van der Waals surface area contributed by atoms with Crippen LogP contribution in [0.25, 0.3) is 0 Å². The largest absolute Gasteiger partial charge is 0.311 e. The lowest BCUT2D eigenvalue weighted by Crippen LogP contribution is -2.83. The summed E-state index contributed by atoms with van der Waals surface area (Å²) in [5, 5.41) is 4.58. The highest BCUT2D eigenvalue weighted by atomic mass is 28.3. The van der Waals surface area contributed by atoms with Crippen LogP contribution in [0.3, 0.4) is 0 Å². The van der Waals surface area contributed by atoms with Gasteiger partial charge in [0.1, 0.15) is 8.07 Å². The molecule has 74 heavy (non-hydrogen) atoms. The van der Waals surface area contributed by atoms with E-state index in [4.69, 9.17) is 0 Å². The van der Waals surface area contributed by atoms with Crippen molar-refractivity contribution in [3.63, 3.8) is 0 Å². The second-order valence-electron chi connectivity index (χ2n) is 25.5. The number of rotatable bonds is 8. The van der Waals surface area contributed by atoms with E-state index in [2.05, 4.69) is 209 Å². The Morgan fingerprint density at radius 3 is 1.16 bits per heavy atom. The van der Waals surface area contributed by atoms with E-state index in [1.165, 1.54) is 138 Å². The van der Waals surface area contributed by atoms with Crippen LogP contribution in [0.15, 0.2) is 188 Å². The second-order valence-corrected chi connectivity index (χ2v) is 29.4. The predicted octanol–water partition coefficient (Wildman–Crippen LogP) is 13.6. The highest BCUT2D eigenvalue weighted by Crippen LogP contribution is 2.62. The summed E-state index contributed by atoms with van der Waals surface area (Å²) < 4.78 is 0. The molecule has 0 amide bonds. The van der Waals surface area contributed by atoms with Crippen LogP contribution in [0, 0.1) is 35.5 Å². The molecule has 0 N–H and O–H groups in total. The van der Waals surface area contributed by atoms with Gasteiger partial charge in [-0.2, -0.15) is 0 Å². The smallest absolute Gasteiger partial charge is 0.251 e. The normalized spacial score (nSPS) is 29.7. The molecule has 3 heterocycles. The lowest BCUT2D eigenvalue weighted by molar-refractivity contribution is -0.00530. The molecule has 5 heteroatoms. The molecule has 8 aromatic carbocycles. The molecule has 8 saturated carbocycles. The molecular formula is C69H64BN3Si. The number of nitrogens with zero attached hydrogens (tertiary/aromatic N) is 3. The Kier molecular flexibility index (Phi) is 8.96. The molecule has 0 aromatic heterocycles. The Morgan fingerprint density at radius 1 is 0.392 bits per heavy atom. The molecule has 3 nitrogen and oxygen atoms in total. The Bertz CT molecular complexity index is 3280. The third-order valence-corrected chi connectivity index (χ3v) is 25.9. The van der Waals surface area contributed by atoms with E-state index < -0.39 is 8.07 Å². The molecule has 8 aliphatic carbocycles. The Hall–Kier alpha value is -6.56. The first-order chi connectivity index (χ1) is 36.4. The van der Waals surface area contributed by atoms with E-state index in [0.29, 0.717) is 10.8 Å². The predicted molar refractivity (Wildman–Crippen MR) is 312 cm³/mol. The number of benzene rings is 8. The zero-order chi connectivity index (χ0) is 48.5. The van der Waals surface area contributed by atoms with E-state index in [-0.39, 0.29) is 6.71 Å². The Labute approximate surface area is 439 Å². The van der Waals surface area contributed by atoms with Crippen LogP contribution in [0.1, 0.15) is 88.2 Å². The summed E-state index contributed by atoms with van der Waals surface area (Å²) in [6.07, 6.45) is 17.1. The topological polar surface area (TPSA) is 9.72 Å². The van der Waals surface area contributed by atoms with Gasteiger partial charge >= 0.3 is 0 Å². The van der Waals surface area contributed by atoms with Gasteiger partial charge in [-0.05, 0) is 229 Å². The summed E-state index contributed by atoms with van der Waals surface area (Å²) in [7, 11) is -2.57. The molecule has 0 spiro atoms. The van der Waals surface area contributed by atoms with Gasteiger partial charge in [-0.25, -0.2) is 0 Å². The summed E-state index contributed by atoms with van der Waals surface area (Å²) in [6, 6.07) is 74.1. The Balaban J connectivity index is 0.924. The molecule has 362 valence electrons. The maximum Gasteiger partial charge on any atom is 0.251 e. The van der Waals surface area contributed by atoms with Crippen LogP contribution in [-0.4, -0.2) is 14.8 Å². The standard InChI is InChI=1S/C69H64BN3Si/c1-74(58-17-9-4-10-18-58)63-21-11-19-59-66(63)70-65-61(72(59)55-27-23-51(24-28-55)68-39-45-31-46(40-68)33-47(32-45)41-68)37-57(71(53-13-5-2-6-14-53)54-15-7-3-8-16-54)38-62(65)73(60-20-12-22-64(74)67(60)70)56-29-25-52(26-30-56)69-42-48-34-49(43-69)36-50(35-48)44-69/h2-30,37-38,45-50H,31-36,39-44H2,1H3. The van der Waals surface area contributed by atoms with Crippen LogP contribution in [0.5, 0.6) is 0 Å². The van der Waals surface area contributed by atoms with E-state index in [0.717, 1.165) is 46.9 Å². The number of anilines is 9. The van der Waals surface area contributed by atoms with Crippen molar-refractivity contribution in [2.75, 3.05) is 14.7 Å². The molecule has 8 bridgehead atoms. The minimum atomic E-state index is -2.57. The summed E-state index contributed by atoms with van der Waals surface area (Å²) >= 11 is 0. The zero-order valence-electron chi connectivity index (χ0n) is 42.8. The molecule has 0 saturated heterocycles. The van der Waals surface area contributed by atoms with Gasteiger partial charge in [-0.3, -0.25) is 0 Å². The summed E-state index contributed by atoms with van der Waals surface area (Å²) in [5.41, 5.74) is 19.5. The summed E-state index contributed by atoms with van der Waals surface area (Å²) in [4.78, 5) is 7.92.